The molecule has 1 heterocycles. The minimum atomic E-state index is -0.835. The minimum absolute atomic E-state index is 0.136. The number of carbonyl (C=O) groups is 2. The average Bonchev–Trinajstić information content (AvgIpc) is 3.27. The SMILES string of the molecule is [2H]OC(=O)[C@@H](C(C)C)N(Cc1ccc(-c2ccccc2-c2nnnn2[2H])cc1)C(=O)CCCC. The van der Waals surface area contributed by atoms with Gasteiger partial charge in [0.05, 0.1) is 0 Å². The van der Waals surface area contributed by atoms with Crippen LogP contribution in [0.15, 0.2) is 48.5 Å². The summed E-state index contributed by atoms with van der Waals surface area (Å²) in [7, 11) is 0. The van der Waals surface area contributed by atoms with E-state index in [2.05, 4.69) is 20.6 Å². The molecule has 0 bridgehead atoms. The molecule has 2 N–H and O–H groups in total. The first-order valence-corrected chi connectivity index (χ1v) is 10.8. The van der Waals surface area contributed by atoms with E-state index < -0.39 is 12.0 Å². The van der Waals surface area contributed by atoms with Gasteiger partial charge in [0, 0.05) is 18.5 Å². The molecule has 1 amide bonds. The number of nitrogens with one attached hydrogen (secondary N) is 1. The predicted octanol–water partition coefficient (Wildman–Crippen LogP) is 4.16. The van der Waals surface area contributed by atoms with Crippen LogP contribution >= 0.6 is 0 Å². The molecule has 8 heteroatoms. The Bertz CT molecular complexity index is 1120. The van der Waals surface area contributed by atoms with Crippen molar-refractivity contribution < 1.29 is 16.1 Å². The van der Waals surface area contributed by atoms with Crippen LogP contribution in [-0.4, -0.2) is 48.5 Å². The van der Waals surface area contributed by atoms with E-state index in [1.807, 2.05) is 69.3 Å². The highest BCUT2D eigenvalue weighted by atomic mass is 16.4. The van der Waals surface area contributed by atoms with Gasteiger partial charge >= 0.3 is 5.97 Å². The molecule has 0 aliphatic rings. The van der Waals surface area contributed by atoms with Crippen LogP contribution in [0, 0.1) is 5.92 Å². The van der Waals surface area contributed by atoms with Crippen LogP contribution in [0.3, 0.4) is 0 Å². The summed E-state index contributed by atoms with van der Waals surface area (Å²) in [6.45, 7) is 5.90. The van der Waals surface area contributed by atoms with Crippen molar-refractivity contribution in [2.75, 3.05) is 0 Å². The molecular weight excluding hydrogens is 406 g/mol. The Labute approximate surface area is 190 Å². The number of unbranched alkanes of at least 4 members (excludes halogenated alkanes) is 1. The fourth-order valence-corrected chi connectivity index (χ4v) is 3.74. The van der Waals surface area contributed by atoms with Crippen molar-refractivity contribution in [2.45, 2.75) is 52.6 Å². The summed E-state index contributed by atoms with van der Waals surface area (Å²) in [4.78, 5) is 26.9. The monoisotopic (exact) mass is 437 g/mol. The van der Waals surface area contributed by atoms with Gasteiger partial charge < -0.3 is 10.0 Å². The Kier molecular flexibility index (Phi) is 6.78. The lowest BCUT2D eigenvalue weighted by atomic mass is 9.97. The Balaban J connectivity index is 1.90. The van der Waals surface area contributed by atoms with E-state index in [9.17, 15) is 9.59 Å². The fraction of sp³-hybridized carbons (Fsp3) is 0.375. The summed E-state index contributed by atoms with van der Waals surface area (Å²) >= 11 is 0. The third kappa shape index (κ3) is 5.38. The fourth-order valence-electron chi connectivity index (χ4n) is 3.74. The highest BCUT2D eigenvalue weighted by Gasteiger charge is 2.32. The van der Waals surface area contributed by atoms with Crippen molar-refractivity contribution in [3.05, 3.63) is 54.1 Å². The second kappa shape index (κ2) is 10.7. The molecule has 168 valence electrons. The van der Waals surface area contributed by atoms with Crippen LogP contribution < -0.4 is 0 Å². The van der Waals surface area contributed by atoms with E-state index in [4.69, 9.17) is 2.84 Å². The van der Waals surface area contributed by atoms with Crippen molar-refractivity contribution >= 4 is 11.9 Å². The Morgan fingerprint density at radius 3 is 2.47 bits per heavy atom. The van der Waals surface area contributed by atoms with E-state index in [0.717, 1.165) is 40.2 Å². The Morgan fingerprint density at radius 1 is 1.16 bits per heavy atom. The number of tetrazole rings is 1. The van der Waals surface area contributed by atoms with Crippen LogP contribution in [0.2, 0.25) is 1.41 Å². The summed E-state index contributed by atoms with van der Waals surface area (Å²) in [6, 6.07) is 14.4. The number of nitrogens with zero attached hydrogens (tertiary/aromatic N) is 4. The van der Waals surface area contributed by atoms with Gasteiger partial charge in [-0.25, -0.2) is 9.89 Å². The molecule has 3 rings (SSSR count). The van der Waals surface area contributed by atoms with Gasteiger partial charge in [0.2, 0.25) is 5.91 Å². The molecule has 0 radical (unpaired) electrons. The molecule has 0 saturated carbocycles. The number of carboxylic acid groups (broad SMARTS) is 1. The number of hydrogen-bond donors (Lipinski definition) is 2. The van der Waals surface area contributed by atoms with Gasteiger partial charge in [-0.05, 0) is 39.5 Å². The van der Waals surface area contributed by atoms with Crippen molar-refractivity contribution in [3.63, 3.8) is 0 Å². The minimum Gasteiger partial charge on any atom is -0.480 e. The van der Waals surface area contributed by atoms with E-state index in [1.54, 1.807) is 0 Å². The number of carbonyl (C=O) groups excluding carboxylic acids is 1. The van der Waals surface area contributed by atoms with Crippen LogP contribution in [-0.2, 0) is 16.1 Å². The smallest absolute Gasteiger partial charge is 0.326 e. The van der Waals surface area contributed by atoms with Crippen LogP contribution in [0.4, 0.5) is 0 Å². The predicted molar refractivity (Wildman–Crippen MR) is 121 cm³/mol. The lowest BCUT2D eigenvalue weighted by Crippen LogP contribution is -2.47. The highest BCUT2D eigenvalue weighted by Crippen LogP contribution is 2.30. The lowest BCUT2D eigenvalue weighted by Gasteiger charge is -2.32. The molecule has 8 nitrogen and oxygen atoms in total. The quantitative estimate of drug-likeness (QED) is 0.492. The summed E-state index contributed by atoms with van der Waals surface area (Å²) in [5.74, 6) is -0.743. The summed E-state index contributed by atoms with van der Waals surface area (Å²) < 4.78 is 14.9. The van der Waals surface area contributed by atoms with E-state index >= 15 is 0 Å². The molecule has 3 aromatic rings. The van der Waals surface area contributed by atoms with Gasteiger partial charge in [-0.15, -0.1) is 5.10 Å². The van der Waals surface area contributed by atoms with Crippen molar-refractivity contribution in [1.82, 2.24) is 25.5 Å². The van der Waals surface area contributed by atoms with Gasteiger partial charge in [-0.3, -0.25) is 4.79 Å². The number of rotatable bonds is 10. The first kappa shape index (κ1) is 20.4. The molecule has 2 aromatic carbocycles. The molecule has 0 aliphatic heterocycles. The largest absolute Gasteiger partial charge is 0.480 e. The van der Waals surface area contributed by atoms with Gasteiger partial charge in [0.25, 0.3) is 1.43 Å². The van der Waals surface area contributed by atoms with Gasteiger partial charge in [0.15, 0.2) is 7.24 Å². The first-order valence-electron chi connectivity index (χ1n) is 11.7. The zero-order valence-electron chi connectivity index (χ0n) is 20.6. The third-order valence-corrected chi connectivity index (χ3v) is 5.38. The summed E-state index contributed by atoms with van der Waals surface area (Å²) in [6.07, 6.45) is 1.92. The molecule has 1 aromatic heterocycles. The molecule has 0 saturated heterocycles. The average molecular weight is 438 g/mol. The van der Waals surface area contributed by atoms with E-state index in [-0.39, 0.29) is 18.4 Å². The number of aromatic amines is 1. The number of aromatic nitrogens is 4. The highest BCUT2D eigenvalue weighted by molar-refractivity contribution is 5.84. The molecule has 0 fully saturated rings. The first-order chi connectivity index (χ1) is 16.4. The Hall–Kier alpha value is -3.55. The molecular formula is C24H29N5O3. The number of hydrogen-bond acceptors (Lipinski definition) is 6. The number of carboxylic acids is 1. The molecule has 0 spiro atoms. The van der Waals surface area contributed by atoms with Crippen molar-refractivity contribution in [2.24, 2.45) is 5.92 Å². The van der Waals surface area contributed by atoms with Gasteiger partial charge in [-0.2, -0.15) is 0 Å². The second-order valence-corrected chi connectivity index (χ2v) is 8.08. The summed E-state index contributed by atoms with van der Waals surface area (Å²) in [5, 5.41) is 16.2. The number of benzene rings is 2. The van der Waals surface area contributed by atoms with Crippen LogP contribution in [0.1, 0.15) is 45.6 Å². The normalized spacial score (nSPS) is 12.8. The van der Waals surface area contributed by atoms with E-state index in [0.29, 0.717) is 12.2 Å². The maximum atomic E-state index is 13.0. The van der Waals surface area contributed by atoms with Crippen LogP contribution in [0.5, 0.6) is 0 Å². The maximum Gasteiger partial charge on any atom is 0.326 e. The lowest BCUT2D eigenvalue weighted by molar-refractivity contribution is -0.153. The third-order valence-electron chi connectivity index (χ3n) is 5.38. The zero-order valence-corrected chi connectivity index (χ0v) is 18.6. The van der Waals surface area contributed by atoms with E-state index in [1.165, 1.54) is 4.90 Å². The molecule has 0 unspecified atom stereocenters. The summed E-state index contributed by atoms with van der Waals surface area (Å²) in [5.41, 5.74) is 3.34. The topological polar surface area (TPSA) is 112 Å². The second-order valence-electron chi connectivity index (χ2n) is 8.08. The standard InChI is InChI=1S/C24H29N5O3/c1-4-5-10-21(30)29(22(16(2)3)24(31)32)15-17-11-13-18(14-12-17)19-8-6-7-9-20(19)23-25-27-28-26-23/h6-9,11-14,16,22H,4-5,10,15H2,1-3H3,(H,31,32)(H,25,26,27,28)/t22-/m1/s1/i/hD2. The number of H-pyrrole nitrogens is 1. The van der Waals surface area contributed by atoms with Crippen molar-refractivity contribution in [3.8, 4) is 22.5 Å². The molecule has 1 atom stereocenters. The zero-order chi connectivity index (χ0) is 24.7. The van der Waals surface area contributed by atoms with Gasteiger partial charge in [0.1, 0.15) is 6.04 Å². The van der Waals surface area contributed by atoms with Crippen molar-refractivity contribution in [1.29, 1.82) is 1.43 Å². The van der Waals surface area contributed by atoms with Gasteiger partial charge in [-0.1, -0.05) is 75.7 Å². The van der Waals surface area contributed by atoms with Crippen LogP contribution in [0.25, 0.3) is 23.9 Å². The molecule has 32 heavy (non-hydrogen) atoms. The Morgan fingerprint density at radius 2 is 1.88 bits per heavy atom. The maximum absolute atomic E-state index is 13.0. The molecule has 0 aliphatic carbocycles. The number of amides is 1. The number of aliphatic carboxylic acids is 1.